The Hall–Kier alpha value is -2.30. The molecule has 1 N–H and O–H groups in total. The minimum Gasteiger partial charge on any atom is -0.462 e. The number of hydrogen-bond acceptors (Lipinski definition) is 4. The molecule has 0 saturated carbocycles. The molecule has 0 fully saturated rings. The Kier molecular flexibility index (Phi) is 3.41. The van der Waals surface area contributed by atoms with E-state index in [1.807, 2.05) is 41.9 Å². The largest absolute Gasteiger partial charge is 0.462 e. The summed E-state index contributed by atoms with van der Waals surface area (Å²) < 4.78 is 7.04. The van der Waals surface area contributed by atoms with E-state index in [0.717, 1.165) is 30.9 Å². The maximum Gasteiger partial charge on any atom is 0.344 e. The van der Waals surface area contributed by atoms with Gasteiger partial charge in [0.1, 0.15) is 17.1 Å². The van der Waals surface area contributed by atoms with Gasteiger partial charge in [-0.2, -0.15) is 5.10 Å². The molecular formula is C15H17N3O2. The number of esters is 1. The molecule has 5 nitrogen and oxygen atoms in total. The van der Waals surface area contributed by atoms with Gasteiger partial charge in [-0.3, -0.25) is 0 Å². The summed E-state index contributed by atoms with van der Waals surface area (Å²) in [5, 5.41) is 7.84. The second kappa shape index (κ2) is 5.36. The SMILES string of the molecule is CCOC(=O)c1c(-c2ccccc2)nn2c1NCCC2. The number of carbonyl (C=O) groups is 1. The normalized spacial score (nSPS) is 13.4. The molecular weight excluding hydrogens is 254 g/mol. The number of ether oxygens (including phenoxy) is 1. The van der Waals surface area contributed by atoms with Crippen molar-refractivity contribution in [3.05, 3.63) is 35.9 Å². The second-order valence-corrected chi connectivity index (χ2v) is 4.66. The van der Waals surface area contributed by atoms with Crippen LogP contribution in [0.3, 0.4) is 0 Å². The number of carbonyl (C=O) groups excluding carboxylic acids is 1. The predicted molar refractivity (Wildman–Crippen MR) is 76.7 cm³/mol. The zero-order chi connectivity index (χ0) is 13.9. The van der Waals surface area contributed by atoms with Crippen molar-refractivity contribution < 1.29 is 9.53 Å². The van der Waals surface area contributed by atoms with Gasteiger partial charge in [-0.05, 0) is 13.3 Å². The fourth-order valence-electron chi connectivity index (χ4n) is 2.43. The van der Waals surface area contributed by atoms with Crippen molar-refractivity contribution in [3.8, 4) is 11.3 Å². The molecule has 104 valence electrons. The van der Waals surface area contributed by atoms with Crippen molar-refractivity contribution >= 4 is 11.8 Å². The summed E-state index contributed by atoms with van der Waals surface area (Å²) in [6, 6.07) is 9.74. The summed E-state index contributed by atoms with van der Waals surface area (Å²) >= 11 is 0. The number of anilines is 1. The highest BCUT2D eigenvalue weighted by atomic mass is 16.5. The average molecular weight is 271 g/mol. The van der Waals surface area contributed by atoms with Gasteiger partial charge in [0.25, 0.3) is 0 Å². The number of rotatable bonds is 3. The molecule has 0 bridgehead atoms. The second-order valence-electron chi connectivity index (χ2n) is 4.66. The van der Waals surface area contributed by atoms with Crippen LogP contribution in [-0.2, 0) is 11.3 Å². The fraction of sp³-hybridized carbons (Fsp3) is 0.333. The van der Waals surface area contributed by atoms with E-state index in [9.17, 15) is 4.79 Å². The van der Waals surface area contributed by atoms with E-state index < -0.39 is 0 Å². The van der Waals surface area contributed by atoms with E-state index in [0.29, 0.717) is 17.9 Å². The van der Waals surface area contributed by atoms with Crippen molar-refractivity contribution in [1.82, 2.24) is 9.78 Å². The molecule has 5 heteroatoms. The molecule has 1 aromatic carbocycles. The van der Waals surface area contributed by atoms with Gasteiger partial charge < -0.3 is 10.1 Å². The van der Waals surface area contributed by atoms with Crippen molar-refractivity contribution in [3.63, 3.8) is 0 Å². The van der Waals surface area contributed by atoms with Crippen LogP contribution in [0.2, 0.25) is 0 Å². The number of aryl methyl sites for hydroxylation is 1. The molecule has 0 spiro atoms. The summed E-state index contributed by atoms with van der Waals surface area (Å²) in [4.78, 5) is 12.3. The van der Waals surface area contributed by atoms with Crippen molar-refractivity contribution in [2.24, 2.45) is 0 Å². The zero-order valence-corrected chi connectivity index (χ0v) is 11.4. The molecule has 0 unspecified atom stereocenters. The maximum absolute atomic E-state index is 12.3. The van der Waals surface area contributed by atoms with Crippen LogP contribution in [0.5, 0.6) is 0 Å². The molecule has 1 aromatic heterocycles. The molecule has 0 saturated heterocycles. The number of aromatic nitrogens is 2. The highest BCUT2D eigenvalue weighted by Crippen LogP contribution is 2.31. The predicted octanol–water partition coefficient (Wildman–Crippen LogP) is 2.54. The average Bonchev–Trinajstić information content (AvgIpc) is 2.88. The Morgan fingerprint density at radius 3 is 2.95 bits per heavy atom. The Morgan fingerprint density at radius 1 is 1.40 bits per heavy atom. The first-order valence-electron chi connectivity index (χ1n) is 6.88. The van der Waals surface area contributed by atoms with Crippen molar-refractivity contribution in [2.75, 3.05) is 18.5 Å². The van der Waals surface area contributed by atoms with Gasteiger partial charge >= 0.3 is 5.97 Å². The first kappa shape index (κ1) is 12.7. The molecule has 2 heterocycles. The fourth-order valence-corrected chi connectivity index (χ4v) is 2.43. The molecule has 2 aromatic rings. The van der Waals surface area contributed by atoms with E-state index in [-0.39, 0.29) is 5.97 Å². The van der Waals surface area contributed by atoms with Crippen LogP contribution in [0, 0.1) is 0 Å². The van der Waals surface area contributed by atoms with Crippen molar-refractivity contribution in [2.45, 2.75) is 19.9 Å². The van der Waals surface area contributed by atoms with Gasteiger partial charge in [0.15, 0.2) is 0 Å². The highest BCUT2D eigenvalue weighted by Gasteiger charge is 2.27. The molecule has 20 heavy (non-hydrogen) atoms. The summed E-state index contributed by atoms with van der Waals surface area (Å²) in [5.74, 6) is 0.454. The van der Waals surface area contributed by atoms with Crippen LogP contribution in [0.1, 0.15) is 23.7 Å². The first-order chi connectivity index (χ1) is 9.81. The molecule has 0 radical (unpaired) electrons. The number of benzene rings is 1. The molecule has 0 amide bonds. The lowest BCUT2D eigenvalue weighted by Gasteiger charge is -2.16. The lowest BCUT2D eigenvalue weighted by atomic mass is 10.1. The summed E-state index contributed by atoms with van der Waals surface area (Å²) in [6.07, 6.45) is 1.01. The monoisotopic (exact) mass is 271 g/mol. The van der Waals surface area contributed by atoms with Crippen LogP contribution < -0.4 is 5.32 Å². The van der Waals surface area contributed by atoms with Crippen LogP contribution in [-0.4, -0.2) is 28.9 Å². The number of fused-ring (bicyclic) bond motifs is 1. The van der Waals surface area contributed by atoms with E-state index >= 15 is 0 Å². The zero-order valence-electron chi connectivity index (χ0n) is 11.4. The molecule has 3 rings (SSSR count). The van der Waals surface area contributed by atoms with Gasteiger partial charge in [0.05, 0.1) is 6.61 Å². The molecule has 0 aliphatic carbocycles. The van der Waals surface area contributed by atoms with Gasteiger partial charge in [0, 0.05) is 18.7 Å². The van der Waals surface area contributed by atoms with E-state index in [2.05, 4.69) is 10.4 Å². The molecule has 1 aliphatic heterocycles. The third kappa shape index (κ3) is 2.15. The lowest BCUT2D eigenvalue weighted by molar-refractivity contribution is 0.0528. The Bertz CT molecular complexity index is 620. The van der Waals surface area contributed by atoms with Crippen molar-refractivity contribution in [1.29, 1.82) is 0 Å². The van der Waals surface area contributed by atoms with Gasteiger partial charge in [-0.15, -0.1) is 0 Å². The van der Waals surface area contributed by atoms with E-state index in [1.165, 1.54) is 0 Å². The van der Waals surface area contributed by atoms with Crippen LogP contribution in [0.15, 0.2) is 30.3 Å². The van der Waals surface area contributed by atoms with Crippen LogP contribution in [0.25, 0.3) is 11.3 Å². The number of nitrogens with one attached hydrogen (secondary N) is 1. The smallest absolute Gasteiger partial charge is 0.344 e. The van der Waals surface area contributed by atoms with Crippen LogP contribution in [0.4, 0.5) is 5.82 Å². The van der Waals surface area contributed by atoms with Gasteiger partial charge in [-0.25, -0.2) is 9.48 Å². The maximum atomic E-state index is 12.3. The van der Waals surface area contributed by atoms with E-state index in [4.69, 9.17) is 4.74 Å². The lowest BCUT2D eigenvalue weighted by Crippen LogP contribution is -2.19. The highest BCUT2D eigenvalue weighted by molar-refractivity contribution is 6.01. The quantitative estimate of drug-likeness (QED) is 0.872. The number of hydrogen-bond donors (Lipinski definition) is 1. The minimum absolute atomic E-state index is 0.318. The van der Waals surface area contributed by atoms with Gasteiger partial charge in [-0.1, -0.05) is 30.3 Å². The molecule has 1 aliphatic rings. The minimum atomic E-state index is -0.318. The summed E-state index contributed by atoms with van der Waals surface area (Å²) in [7, 11) is 0. The Morgan fingerprint density at radius 2 is 2.20 bits per heavy atom. The van der Waals surface area contributed by atoms with E-state index in [1.54, 1.807) is 0 Å². The summed E-state index contributed by atoms with van der Waals surface area (Å²) in [5.41, 5.74) is 2.16. The number of nitrogens with zero attached hydrogens (tertiary/aromatic N) is 2. The molecule has 0 atom stereocenters. The summed E-state index contributed by atoms with van der Waals surface area (Å²) in [6.45, 7) is 3.84. The van der Waals surface area contributed by atoms with Gasteiger partial charge in [0.2, 0.25) is 0 Å². The first-order valence-corrected chi connectivity index (χ1v) is 6.88. The topological polar surface area (TPSA) is 56.1 Å². The van der Waals surface area contributed by atoms with Crippen LogP contribution >= 0.6 is 0 Å². The Labute approximate surface area is 117 Å². The third-order valence-electron chi connectivity index (χ3n) is 3.32. The standard InChI is InChI=1S/C15H17N3O2/c1-2-20-15(19)12-13(11-7-4-3-5-8-11)17-18-10-6-9-16-14(12)18/h3-5,7-8,16H,2,6,9-10H2,1H3. The third-order valence-corrected chi connectivity index (χ3v) is 3.32. The Balaban J connectivity index is 2.13.